The minimum atomic E-state index is -0.597. The van der Waals surface area contributed by atoms with Crippen molar-refractivity contribution >= 4 is 11.8 Å². The zero-order valence-electron chi connectivity index (χ0n) is 12.6. The van der Waals surface area contributed by atoms with Gasteiger partial charge < -0.3 is 4.74 Å². The van der Waals surface area contributed by atoms with Crippen LogP contribution in [0.3, 0.4) is 0 Å². The maximum Gasteiger partial charge on any atom is 0.241 e. The Morgan fingerprint density at radius 3 is 2.73 bits per heavy atom. The molecular weight excluding hydrogens is 280 g/mol. The quantitative estimate of drug-likeness (QED) is 0.762. The molecule has 0 saturated carbocycles. The minimum absolute atomic E-state index is 0.00561. The summed E-state index contributed by atoms with van der Waals surface area (Å²) < 4.78 is 5.33. The normalized spacial score (nSPS) is 28.6. The predicted octanol–water partition coefficient (Wildman–Crippen LogP) is 0.919. The molecule has 4 rings (SSSR count). The lowest BCUT2D eigenvalue weighted by Gasteiger charge is -2.30. The number of hydrogen-bond donors (Lipinski definition) is 0. The van der Waals surface area contributed by atoms with Crippen LogP contribution in [0.1, 0.15) is 24.0 Å². The highest BCUT2D eigenvalue weighted by Gasteiger charge is 2.55. The summed E-state index contributed by atoms with van der Waals surface area (Å²) in [4.78, 5) is 29.1. The molecule has 2 amide bonds. The Hall–Kier alpha value is -1.72. The lowest BCUT2D eigenvalue weighted by atomic mass is 9.80. The van der Waals surface area contributed by atoms with E-state index in [0.717, 1.165) is 31.5 Å². The van der Waals surface area contributed by atoms with Crippen LogP contribution < -0.4 is 0 Å². The number of amides is 2. The molecule has 2 fully saturated rings. The number of benzene rings is 1. The van der Waals surface area contributed by atoms with Crippen LogP contribution in [-0.4, -0.2) is 54.6 Å². The largest absolute Gasteiger partial charge is 0.379 e. The van der Waals surface area contributed by atoms with Crippen LogP contribution in [0.2, 0.25) is 0 Å². The van der Waals surface area contributed by atoms with Crippen molar-refractivity contribution in [2.45, 2.75) is 24.7 Å². The Morgan fingerprint density at radius 1 is 1.14 bits per heavy atom. The number of fused-ring (bicyclic) bond motifs is 2. The highest BCUT2D eigenvalue weighted by atomic mass is 16.5. The smallest absolute Gasteiger partial charge is 0.241 e. The van der Waals surface area contributed by atoms with Crippen LogP contribution in [-0.2, 0) is 26.2 Å². The van der Waals surface area contributed by atoms with E-state index in [9.17, 15) is 9.59 Å². The van der Waals surface area contributed by atoms with Gasteiger partial charge in [-0.05, 0) is 24.0 Å². The molecule has 116 valence electrons. The van der Waals surface area contributed by atoms with E-state index in [1.807, 2.05) is 18.2 Å². The van der Waals surface area contributed by atoms with E-state index in [4.69, 9.17) is 4.74 Å². The molecule has 1 aromatic rings. The summed E-state index contributed by atoms with van der Waals surface area (Å²) in [6.07, 6.45) is 1.98. The molecule has 1 spiro atoms. The fraction of sp³-hybridized carbons (Fsp3) is 0.529. The Kier molecular flexibility index (Phi) is 3.27. The average Bonchev–Trinajstić information content (AvgIpc) is 3.03. The van der Waals surface area contributed by atoms with Crippen LogP contribution >= 0.6 is 0 Å². The van der Waals surface area contributed by atoms with Crippen molar-refractivity contribution in [1.29, 1.82) is 0 Å². The highest BCUT2D eigenvalue weighted by molar-refractivity contribution is 6.09. The number of aryl methyl sites for hydroxylation is 1. The van der Waals surface area contributed by atoms with Crippen molar-refractivity contribution in [2.24, 2.45) is 0 Å². The number of imide groups is 1. The van der Waals surface area contributed by atoms with E-state index in [1.54, 1.807) is 0 Å². The molecule has 2 saturated heterocycles. The first-order chi connectivity index (χ1) is 10.7. The van der Waals surface area contributed by atoms with Crippen molar-refractivity contribution < 1.29 is 14.3 Å². The number of morpholine rings is 1. The molecule has 0 N–H and O–H groups in total. The van der Waals surface area contributed by atoms with Crippen LogP contribution in [0.25, 0.3) is 0 Å². The second kappa shape index (κ2) is 5.18. The third-order valence-corrected chi connectivity index (χ3v) is 5.21. The van der Waals surface area contributed by atoms with Crippen molar-refractivity contribution in [3.63, 3.8) is 0 Å². The fourth-order valence-electron chi connectivity index (χ4n) is 3.98. The summed E-state index contributed by atoms with van der Waals surface area (Å²) in [5.41, 5.74) is 1.69. The van der Waals surface area contributed by atoms with Gasteiger partial charge in [-0.1, -0.05) is 24.3 Å². The molecule has 5 nitrogen and oxygen atoms in total. The van der Waals surface area contributed by atoms with Gasteiger partial charge in [-0.25, -0.2) is 0 Å². The van der Waals surface area contributed by atoms with Crippen LogP contribution in [0.5, 0.6) is 0 Å². The maximum absolute atomic E-state index is 13.0. The Bertz CT molecular complexity index is 624. The number of carbonyl (C=O) groups excluding carboxylic acids is 2. The van der Waals surface area contributed by atoms with Crippen molar-refractivity contribution in [2.75, 3.05) is 33.0 Å². The molecule has 3 aliphatic rings. The first-order valence-electron chi connectivity index (χ1n) is 7.94. The lowest BCUT2D eigenvalue weighted by molar-refractivity contribution is -0.143. The Morgan fingerprint density at radius 2 is 1.91 bits per heavy atom. The molecule has 1 aromatic carbocycles. The molecule has 1 aliphatic carbocycles. The van der Waals surface area contributed by atoms with Crippen LogP contribution in [0.4, 0.5) is 0 Å². The molecule has 0 unspecified atom stereocenters. The van der Waals surface area contributed by atoms with Crippen molar-refractivity contribution in [1.82, 2.24) is 9.80 Å². The van der Waals surface area contributed by atoms with E-state index >= 15 is 0 Å². The van der Waals surface area contributed by atoms with E-state index in [-0.39, 0.29) is 11.8 Å². The van der Waals surface area contributed by atoms with E-state index < -0.39 is 5.41 Å². The highest BCUT2D eigenvalue weighted by Crippen LogP contribution is 2.46. The topological polar surface area (TPSA) is 49.9 Å². The van der Waals surface area contributed by atoms with Gasteiger partial charge in [0.25, 0.3) is 0 Å². The first kappa shape index (κ1) is 13.9. The molecule has 2 heterocycles. The monoisotopic (exact) mass is 300 g/mol. The predicted molar refractivity (Wildman–Crippen MR) is 80.2 cm³/mol. The Labute approximate surface area is 129 Å². The van der Waals surface area contributed by atoms with Gasteiger partial charge in [-0.3, -0.25) is 19.4 Å². The summed E-state index contributed by atoms with van der Waals surface area (Å²) in [6, 6.07) is 8.07. The van der Waals surface area contributed by atoms with Crippen LogP contribution in [0, 0.1) is 0 Å². The summed E-state index contributed by atoms with van der Waals surface area (Å²) in [5.74, 6) is -0.0397. The van der Waals surface area contributed by atoms with Gasteiger partial charge in [-0.2, -0.15) is 0 Å². The molecule has 0 bridgehead atoms. The lowest BCUT2D eigenvalue weighted by Crippen LogP contribution is -2.47. The molecule has 5 heteroatoms. The van der Waals surface area contributed by atoms with Gasteiger partial charge in [0, 0.05) is 19.5 Å². The number of likely N-dealkylation sites (tertiary alicyclic amines) is 1. The number of nitrogens with zero attached hydrogens (tertiary/aromatic N) is 2. The number of ether oxygens (including phenoxy) is 1. The molecule has 1 atom stereocenters. The zero-order chi connectivity index (χ0) is 15.2. The van der Waals surface area contributed by atoms with Gasteiger partial charge in [-0.15, -0.1) is 0 Å². The van der Waals surface area contributed by atoms with E-state index in [2.05, 4.69) is 11.0 Å². The zero-order valence-corrected chi connectivity index (χ0v) is 12.6. The summed E-state index contributed by atoms with van der Waals surface area (Å²) in [5, 5.41) is 0. The summed E-state index contributed by atoms with van der Waals surface area (Å²) in [7, 11) is 0. The maximum atomic E-state index is 13.0. The fourth-order valence-corrected chi connectivity index (χ4v) is 3.98. The number of hydrogen-bond acceptors (Lipinski definition) is 4. The van der Waals surface area contributed by atoms with Gasteiger partial charge in [0.2, 0.25) is 11.8 Å². The molecule has 2 aliphatic heterocycles. The Balaban J connectivity index is 1.60. The van der Waals surface area contributed by atoms with Crippen LogP contribution in [0.15, 0.2) is 24.3 Å². The van der Waals surface area contributed by atoms with Gasteiger partial charge in [0.05, 0.1) is 25.3 Å². The summed E-state index contributed by atoms with van der Waals surface area (Å²) >= 11 is 0. The van der Waals surface area contributed by atoms with Gasteiger partial charge >= 0.3 is 0 Å². The third kappa shape index (κ3) is 2.00. The second-order valence-electron chi connectivity index (χ2n) is 6.41. The van der Waals surface area contributed by atoms with Gasteiger partial charge in [0.15, 0.2) is 0 Å². The van der Waals surface area contributed by atoms with E-state index in [0.29, 0.717) is 26.3 Å². The third-order valence-electron chi connectivity index (χ3n) is 5.21. The standard InChI is InChI=1S/C17H20N2O3/c20-15-11-17(6-5-13-3-1-2-4-14(13)17)16(21)19(15)12-18-7-9-22-10-8-18/h1-4H,5-12H2/t17-/m1/s1. The van der Waals surface area contributed by atoms with E-state index in [1.165, 1.54) is 10.5 Å². The van der Waals surface area contributed by atoms with Gasteiger partial charge in [0.1, 0.15) is 0 Å². The molecule has 22 heavy (non-hydrogen) atoms. The summed E-state index contributed by atoms with van der Waals surface area (Å²) in [6.45, 7) is 3.31. The SMILES string of the molecule is O=C1C[C@@]2(CCc3ccccc32)C(=O)N1CN1CCOCC1. The first-order valence-corrected chi connectivity index (χ1v) is 7.94. The molecule has 0 aromatic heterocycles. The average molecular weight is 300 g/mol. The van der Waals surface area contributed by atoms with Crippen molar-refractivity contribution in [3.05, 3.63) is 35.4 Å². The number of carbonyl (C=O) groups is 2. The number of rotatable bonds is 2. The molecular formula is C17H20N2O3. The van der Waals surface area contributed by atoms with Crippen molar-refractivity contribution in [3.8, 4) is 0 Å². The second-order valence-corrected chi connectivity index (χ2v) is 6.41. The minimum Gasteiger partial charge on any atom is -0.379 e. The molecule has 0 radical (unpaired) electrons.